The maximum absolute atomic E-state index is 8.64. The summed E-state index contributed by atoms with van der Waals surface area (Å²) in [6, 6.07) is 8.45. The third kappa shape index (κ3) is 4.26. The Balaban J connectivity index is 1.76. The molecule has 1 saturated heterocycles. The molecule has 0 bridgehead atoms. The first-order valence-electron chi connectivity index (χ1n) is 7.40. The van der Waals surface area contributed by atoms with Crippen molar-refractivity contribution in [3.63, 3.8) is 0 Å². The number of aliphatic hydroxyl groups excluding tert-OH is 1. The lowest BCUT2D eigenvalue weighted by Gasteiger charge is -2.23. The van der Waals surface area contributed by atoms with E-state index in [0.717, 1.165) is 30.5 Å². The fraction of sp³-hybridized carbons (Fsp3) is 0.529. The summed E-state index contributed by atoms with van der Waals surface area (Å²) >= 11 is 0. The van der Waals surface area contributed by atoms with Gasteiger partial charge >= 0.3 is 0 Å². The van der Waals surface area contributed by atoms with Crippen LogP contribution in [-0.4, -0.2) is 42.4 Å². The van der Waals surface area contributed by atoms with E-state index in [1.54, 1.807) is 0 Å². The Morgan fingerprint density at radius 1 is 1.35 bits per heavy atom. The average molecular weight is 273 g/mol. The second-order valence-electron chi connectivity index (χ2n) is 5.07. The van der Waals surface area contributed by atoms with Gasteiger partial charge < -0.3 is 9.84 Å². The van der Waals surface area contributed by atoms with Crippen LogP contribution >= 0.6 is 0 Å². The fourth-order valence-electron chi connectivity index (χ4n) is 2.71. The van der Waals surface area contributed by atoms with E-state index in [1.807, 2.05) is 24.3 Å². The standard InChI is InChI=1S/C17H23NO2/c1-2-16-6-3-11-18(16)12-14-20-17-9-7-15(8-10-17)5-4-13-19/h7-10,16,19H,2-3,6,11-14H2,1H3. The first-order chi connectivity index (χ1) is 9.83. The zero-order chi connectivity index (χ0) is 14.2. The second kappa shape index (κ2) is 7.94. The molecule has 3 heteroatoms. The minimum Gasteiger partial charge on any atom is -0.492 e. The van der Waals surface area contributed by atoms with Crippen LogP contribution in [0.4, 0.5) is 0 Å². The minimum atomic E-state index is -0.104. The highest BCUT2D eigenvalue weighted by molar-refractivity contribution is 5.38. The Morgan fingerprint density at radius 3 is 2.85 bits per heavy atom. The highest BCUT2D eigenvalue weighted by Crippen LogP contribution is 2.19. The molecular weight excluding hydrogens is 250 g/mol. The number of hydrogen-bond acceptors (Lipinski definition) is 3. The molecule has 0 amide bonds. The summed E-state index contributed by atoms with van der Waals surface area (Å²) < 4.78 is 5.78. The molecule has 1 unspecified atom stereocenters. The molecule has 3 nitrogen and oxygen atoms in total. The van der Waals surface area contributed by atoms with E-state index >= 15 is 0 Å². The van der Waals surface area contributed by atoms with Crippen molar-refractivity contribution >= 4 is 0 Å². The molecule has 1 atom stereocenters. The summed E-state index contributed by atoms with van der Waals surface area (Å²) in [7, 11) is 0. The zero-order valence-electron chi connectivity index (χ0n) is 12.1. The molecule has 0 radical (unpaired) electrons. The molecule has 0 aliphatic carbocycles. The van der Waals surface area contributed by atoms with Crippen LogP contribution in [0.1, 0.15) is 31.7 Å². The van der Waals surface area contributed by atoms with Gasteiger partial charge in [0.15, 0.2) is 0 Å². The SMILES string of the molecule is CCC1CCCN1CCOc1ccc(C#CCO)cc1. The minimum absolute atomic E-state index is 0.104. The third-order valence-electron chi connectivity index (χ3n) is 3.78. The Morgan fingerprint density at radius 2 is 2.15 bits per heavy atom. The molecule has 0 aromatic heterocycles. The van der Waals surface area contributed by atoms with Crippen molar-refractivity contribution in [2.24, 2.45) is 0 Å². The maximum Gasteiger partial charge on any atom is 0.119 e. The van der Waals surface area contributed by atoms with E-state index in [-0.39, 0.29) is 6.61 Å². The first-order valence-corrected chi connectivity index (χ1v) is 7.40. The molecule has 108 valence electrons. The Labute approximate surface area is 121 Å². The molecule has 1 aromatic carbocycles. The van der Waals surface area contributed by atoms with Gasteiger partial charge in [0.25, 0.3) is 0 Å². The third-order valence-corrected chi connectivity index (χ3v) is 3.78. The van der Waals surface area contributed by atoms with Gasteiger partial charge in [-0.1, -0.05) is 18.8 Å². The molecule has 1 N–H and O–H groups in total. The van der Waals surface area contributed by atoms with Crippen molar-refractivity contribution < 1.29 is 9.84 Å². The molecule has 0 saturated carbocycles. The predicted octanol–water partition coefficient (Wildman–Crippen LogP) is 2.28. The van der Waals surface area contributed by atoms with Crippen LogP contribution in [0.25, 0.3) is 0 Å². The van der Waals surface area contributed by atoms with E-state index in [2.05, 4.69) is 23.7 Å². The van der Waals surface area contributed by atoms with Crippen molar-refractivity contribution in [2.45, 2.75) is 32.2 Å². The van der Waals surface area contributed by atoms with E-state index in [0.29, 0.717) is 0 Å². The Bertz CT molecular complexity index is 458. The number of likely N-dealkylation sites (tertiary alicyclic amines) is 1. The van der Waals surface area contributed by atoms with Gasteiger partial charge in [-0.15, -0.1) is 0 Å². The van der Waals surface area contributed by atoms with Crippen LogP contribution in [0.3, 0.4) is 0 Å². The lowest BCUT2D eigenvalue weighted by molar-refractivity contribution is 0.193. The van der Waals surface area contributed by atoms with Crippen molar-refractivity contribution in [3.05, 3.63) is 29.8 Å². The van der Waals surface area contributed by atoms with Crippen molar-refractivity contribution in [2.75, 3.05) is 26.3 Å². The molecule has 20 heavy (non-hydrogen) atoms. The second-order valence-corrected chi connectivity index (χ2v) is 5.07. The Kier molecular flexibility index (Phi) is 5.91. The lowest BCUT2D eigenvalue weighted by atomic mass is 10.2. The molecule has 2 rings (SSSR count). The van der Waals surface area contributed by atoms with Crippen LogP contribution in [-0.2, 0) is 0 Å². The summed E-state index contributed by atoms with van der Waals surface area (Å²) in [5, 5.41) is 8.64. The van der Waals surface area contributed by atoms with Gasteiger partial charge in [-0.25, -0.2) is 0 Å². The number of benzene rings is 1. The molecule has 1 aliphatic rings. The van der Waals surface area contributed by atoms with Crippen LogP contribution in [0.5, 0.6) is 5.75 Å². The molecule has 1 fully saturated rings. The number of hydrogen-bond donors (Lipinski definition) is 1. The summed E-state index contributed by atoms with van der Waals surface area (Å²) in [6.45, 7) is 5.10. The van der Waals surface area contributed by atoms with Crippen LogP contribution < -0.4 is 4.74 Å². The van der Waals surface area contributed by atoms with Gasteiger partial charge in [0, 0.05) is 18.2 Å². The maximum atomic E-state index is 8.64. The summed E-state index contributed by atoms with van der Waals surface area (Å²) in [5.41, 5.74) is 0.900. The topological polar surface area (TPSA) is 32.7 Å². The van der Waals surface area contributed by atoms with Gasteiger partial charge in [-0.2, -0.15) is 0 Å². The Hall–Kier alpha value is -1.50. The van der Waals surface area contributed by atoms with Gasteiger partial charge in [0.05, 0.1) is 0 Å². The molecule has 1 aliphatic heterocycles. The van der Waals surface area contributed by atoms with E-state index < -0.39 is 0 Å². The lowest BCUT2D eigenvalue weighted by Crippen LogP contribution is -2.32. The smallest absolute Gasteiger partial charge is 0.119 e. The van der Waals surface area contributed by atoms with E-state index in [9.17, 15) is 0 Å². The summed E-state index contributed by atoms with van der Waals surface area (Å²) in [4.78, 5) is 2.53. The quantitative estimate of drug-likeness (QED) is 0.836. The number of nitrogens with zero attached hydrogens (tertiary/aromatic N) is 1. The van der Waals surface area contributed by atoms with Crippen LogP contribution in [0.2, 0.25) is 0 Å². The average Bonchev–Trinajstić information content (AvgIpc) is 2.94. The molecule has 1 aromatic rings. The van der Waals surface area contributed by atoms with Gasteiger partial charge in [0.1, 0.15) is 19.0 Å². The molecule has 1 heterocycles. The predicted molar refractivity (Wildman–Crippen MR) is 80.8 cm³/mol. The van der Waals surface area contributed by atoms with Gasteiger partial charge in [0.2, 0.25) is 0 Å². The number of ether oxygens (including phenoxy) is 1. The van der Waals surface area contributed by atoms with Gasteiger partial charge in [-0.05, 0) is 50.1 Å². The molecular formula is C17H23NO2. The zero-order valence-corrected chi connectivity index (χ0v) is 12.1. The van der Waals surface area contributed by atoms with E-state index in [4.69, 9.17) is 9.84 Å². The van der Waals surface area contributed by atoms with Crippen LogP contribution in [0, 0.1) is 11.8 Å². The molecule has 0 spiro atoms. The van der Waals surface area contributed by atoms with Crippen molar-refractivity contribution in [1.29, 1.82) is 0 Å². The normalized spacial score (nSPS) is 18.6. The van der Waals surface area contributed by atoms with Gasteiger partial charge in [-0.3, -0.25) is 4.90 Å². The van der Waals surface area contributed by atoms with Crippen LogP contribution in [0.15, 0.2) is 24.3 Å². The first kappa shape index (κ1) is 14.9. The number of aliphatic hydroxyl groups is 1. The fourth-order valence-corrected chi connectivity index (χ4v) is 2.71. The van der Waals surface area contributed by atoms with Crippen molar-refractivity contribution in [1.82, 2.24) is 4.90 Å². The summed E-state index contributed by atoms with van der Waals surface area (Å²) in [5.74, 6) is 6.39. The van der Waals surface area contributed by atoms with Crippen molar-refractivity contribution in [3.8, 4) is 17.6 Å². The number of rotatable bonds is 5. The highest BCUT2D eigenvalue weighted by Gasteiger charge is 2.21. The summed E-state index contributed by atoms with van der Waals surface area (Å²) in [6.07, 6.45) is 3.88. The monoisotopic (exact) mass is 273 g/mol. The largest absolute Gasteiger partial charge is 0.492 e. The van der Waals surface area contributed by atoms with E-state index in [1.165, 1.54) is 25.8 Å². The highest BCUT2D eigenvalue weighted by atomic mass is 16.5.